The Morgan fingerprint density at radius 1 is 1.17 bits per heavy atom. The molecule has 0 amide bonds. The van der Waals surface area contributed by atoms with E-state index >= 15 is 0 Å². The highest BCUT2D eigenvalue weighted by Crippen LogP contribution is 2.25. The highest BCUT2D eigenvalue weighted by molar-refractivity contribution is 5.30. The number of aliphatic hydroxyl groups is 1. The van der Waals surface area contributed by atoms with E-state index in [1.54, 1.807) is 0 Å². The molecule has 102 valence electrons. The molecule has 0 heterocycles. The summed E-state index contributed by atoms with van der Waals surface area (Å²) < 4.78 is 11.1. The molecule has 1 aromatic rings. The average molecular weight is 252 g/mol. The third-order valence-corrected chi connectivity index (χ3v) is 2.82. The van der Waals surface area contributed by atoms with Gasteiger partial charge in [0.2, 0.25) is 0 Å². The Morgan fingerprint density at radius 3 is 2.56 bits per heavy atom. The lowest BCUT2D eigenvalue weighted by molar-refractivity contribution is -0.0385. The van der Waals surface area contributed by atoms with Crippen molar-refractivity contribution in [2.75, 3.05) is 13.2 Å². The Balaban J connectivity index is 2.79. The van der Waals surface area contributed by atoms with Gasteiger partial charge in [-0.2, -0.15) is 0 Å². The zero-order valence-corrected chi connectivity index (χ0v) is 11.6. The second kappa shape index (κ2) is 8.11. The normalized spacial score (nSPS) is 14.2. The average Bonchev–Trinajstić information content (AvgIpc) is 2.38. The van der Waals surface area contributed by atoms with E-state index in [0.717, 1.165) is 24.2 Å². The zero-order chi connectivity index (χ0) is 13.4. The number of rotatable bonds is 8. The maximum absolute atomic E-state index is 10.4. The predicted octanol–water partition coefficient (Wildman–Crippen LogP) is 3.32. The summed E-state index contributed by atoms with van der Waals surface area (Å²) in [6.07, 6.45) is 1.11. The summed E-state index contributed by atoms with van der Waals surface area (Å²) >= 11 is 0. The maximum atomic E-state index is 10.4. The first kappa shape index (κ1) is 15.0. The van der Waals surface area contributed by atoms with Crippen LogP contribution in [-0.2, 0) is 4.74 Å². The van der Waals surface area contributed by atoms with Gasteiger partial charge in [-0.15, -0.1) is 0 Å². The highest BCUT2D eigenvalue weighted by Gasteiger charge is 2.20. The van der Waals surface area contributed by atoms with E-state index in [4.69, 9.17) is 9.47 Å². The van der Waals surface area contributed by atoms with E-state index in [1.807, 2.05) is 38.1 Å². The van der Waals surface area contributed by atoms with E-state index in [2.05, 4.69) is 6.92 Å². The lowest BCUT2D eigenvalue weighted by Crippen LogP contribution is -2.22. The fraction of sp³-hybridized carbons (Fsp3) is 0.600. The first-order chi connectivity index (χ1) is 8.72. The van der Waals surface area contributed by atoms with Crippen molar-refractivity contribution in [3.05, 3.63) is 29.8 Å². The van der Waals surface area contributed by atoms with E-state index in [-0.39, 0.29) is 6.10 Å². The minimum atomic E-state index is -0.592. The minimum absolute atomic E-state index is 0.142. The van der Waals surface area contributed by atoms with Gasteiger partial charge < -0.3 is 14.6 Å². The van der Waals surface area contributed by atoms with Crippen molar-refractivity contribution in [1.82, 2.24) is 0 Å². The first-order valence-corrected chi connectivity index (χ1v) is 6.75. The molecule has 0 radical (unpaired) electrons. The fourth-order valence-corrected chi connectivity index (χ4v) is 2.00. The fourth-order valence-electron chi connectivity index (χ4n) is 2.00. The Kier molecular flexibility index (Phi) is 6.76. The van der Waals surface area contributed by atoms with Crippen LogP contribution in [0.25, 0.3) is 0 Å². The molecule has 0 spiro atoms. The molecule has 3 nitrogen and oxygen atoms in total. The lowest BCUT2D eigenvalue weighted by atomic mass is 10.0. The van der Waals surface area contributed by atoms with Crippen molar-refractivity contribution in [3.8, 4) is 5.75 Å². The van der Waals surface area contributed by atoms with Crippen LogP contribution < -0.4 is 4.74 Å². The zero-order valence-electron chi connectivity index (χ0n) is 11.6. The van der Waals surface area contributed by atoms with Crippen molar-refractivity contribution in [1.29, 1.82) is 0 Å². The van der Waals surface area contributed by atoms with Crippen LogP contribution in [-0.4, -0.2) is 24.4 Å². The molecule has 3 heteroatoms. The Hall–Kier alpha value is -1.06. The first-order valence-electron chi connectivity index (χ1n) is 6.75. The maximum Gasteiger partial charge on any atom is 0.119 e. The van der Waals surface area contributed by atoms with E-state index in [0.29, 0.717) is 13.2 Å². The quantitative estimate of drug-likeness (QED) is 0.771. The number of ether oxygens (including phenoxy) is 2. The van der Waals surface area contributed by atoms with Crippen molar-refractivity contribution in [2.45, 2.75) is 45.8 Å². The van der Waals surface area contributed by atoms with Crippen LogP contribution in [0.4, 0.5) is 0 Å². The number of aliphatic hydroxyl groups excluding tert-OH is 1. The molecule has 0 saturated heterocycles. The van der Waals surface area contributed by atoms with Crippen LogP contribution >= 0.6 is 0 Å². The largest absolute Gasteiger partial charge is 0.494 e. The summed E-state index contributed by atoms with van der Waals surface area (Å²) in [7, 11) is 0. The van der Waals surface area contributed by atoms with E-state index in [1.165, 1.54) is 0 Å². The molecule has 0 aliphatic rings. The minimum Gasteiger partial charge on any atom is -0.494 e. The molecule has 0 aliphatic heterocycles. The highest BCUT2D eigenvalue weighted by atomic mass is 16.5. The van der Waals surface area contributed by atoms with Crippen LogP contribution in [0.5, 0.6) is 5.75 Å². The van der Waals surface area contributed by atoms with Crippen LogP contribution in [0.1, 0.15) is 45.3 Å². The molecule has 0 fully saturated rings. The van der Waals surface area contributed by atoms with Gasteiger partial charge >= 0.3 is 0 Å². The van der Waals surface area contributed by atoms with Gasteiger partial charge in [-0.25, -0.2) is 0 Å². The molecule has 18 heavy (non-hydrogen) atoms. The molecule has 0 saturated carbocycles. The molecule has 0 bridgehead atoms. The number of benzene rings is 1. The molecule has 0 aromatic heterocycles. The monoisotopic (exact) mass is 252 g/mol. The summed E-state index contributed by atoms with van der Waals surface area (Å²) in [5.41, 5.74) is 0.854. The van der Waals surface area contributed by atoms with Gasteiger partial charge in [0.25, 0.3) is 0 Å². The van der Waals surface area contributed by atoms with Crippen LogP contribution in [0.15, 0.2) is 24.3 Å². The standard InChI is InChI=1S/C15H24O3/c1-4-8-14(18-6-3)15(16)12-9-7-10-13(11-12)17-5-2/h7,9-11,14-16H,4-6,8H2,1-3H3. The van der Waals surface area contributed by atoms with Crippen molar-refractivity contribution >= 4 is 0 Å². The SMILES string of the molecule is CCCC(OCC)C(O)c1cccc(OCC)c1. The summed E-state index contributed by atoms with van der Waals surface area (Å²) in [6.45, 7) is 7.24. The van der Waals surface area contributed by atoms with Gasteiger partial charge in [-0.05, 0) is 38.0 Å². The second-order valence-corrected chi connectivity index (χ2v) is 4.23. The Morgan fingerprint density at radius 2 is 1.94 bits per heavy atom. The molecule has 1 rings (SSSR count). The van der Waals surface area contributed by atoms with Crippen LogP contribution in [0.3, 0.4) is 0 Å². The third-order valence-electron chi connectivity index (χ3n) is 2.82. The van der Waals surface area contributed by atoms with Gasteiger partial charge in [0.1, 0.15) is 11.9 Å². The Bertz CT molecular complexity index is 332. The smallest absolute Gasteiger partial charge is 0.119 e. The van der Waals surface area contributed by atoms with Crippen molar-refractivity contribution in [3.63, 3.8) is 0 Å². The third kappa shape index (κ3) is 4.31. The summed E-state index contributed by atoms with van der Waals surface area (Å²) in [5, 5.41) is 10.4. The van der Waals surface area contributed by atoms with Gasteiger partial charge in [-0.3, -0.25) is 0 Å². The molecule has 0 aliphatic carbocycles. The topological polar surface area (TPSA) is 38.7 Å². The van der Waals surface area contributed by atoms with Crippen molar-refractivity contribution in [2.24, 2.45) is 0 Å². The van der Waals surface area contributed by atoms with Gasteiger partial charge in [0.05, 0.1) is 12.7 Å². The number of hydrogen-bond donors (Lipinski definition) is 1. The van der Waals surface area contributed by atoms with Gasteiger partial charge in [-0.1, -0.05) is 25.5 Å². The molecular weight excluding hydrogens is 228 g/mol. The van der Waals surface area contributed by atoms with Crippen LogP contribution in [0.2, 0.25) is 0 Å². The number of hydrogen-bond acceptors (Lipinski definition) is 3. The summed E-state index contributed by atoms with van der Waals surface area (Å²) in [5.74, 6) is 0.792. The van der Waals surface area contributed by atoms with E-state index in [9.17, 15) is 5.11 Å². The second-order valence-electron chi connectivity index (χ2n) is 4.23. The van der Waals surface area contributed by atoms with E-state index < -0.39 is 6.10 Å². The summed E-state index contributed by atoms with van der Waals surface area (Å²) in [4.78, 5) is 0. The summed E-state index contributed by atoms with van der Waals surface area (Å²) in [6, 6.07) is 7.60. The molecule has 2 unspecified atom stereocenters. The van der Waals surface area contributed by atoms with Gasteiger partial charge in [0, 0.05) is 6.61 Å². The molecule has 1 N–H and O–H groups in total. The predicted molar refractivity (Wildman–Crippen MR) is 72.9 cm³/mol. The molecular formula is C15H24O3. The molecule has 2 atom stereocenters. The Labute approximate surface area is 110 Å². The van der Waals surface area contributed by atoms with Crippen molar-refractivity contribution < 1.29 is 14.6 Å². The molecule has 1 aromatic carbocycles. The van der Waals surface area contributed by atoms with Gasteiger partial charge in [0.15, 0.2) is 0 Å². The lowest BCUT2D eigenvalue weighted by Gasteiger charge is -2.23. The van der Waals surface area contributed by atoms with Crippen LogP contribution in [0, 0.1) is 0 Å².